The fourth-order valence-electron chi connectivity index (χ4n) is 3.00. The Hall–Kier alpha value is -2.46. The van der Waals surface area contributed by atoms with Crippen molar-refractivity contribution in [2.45, 2.75) is 20.8 Å². The van der Waals surface area contributed by atoms with Crippen LogP contribution in [-0.2, 0) is 0 Å². The topological polar surface area (TPSA) is 32.3 Å². The number of hydrogen-bond donors (Lipinski definition) is 0. The third-order valence-electron chi connectivity index (χ3n) is 4.43. The zero-order valence-corrected chi connectivity index (χ0v) is 16.4. The first-order valence-electron chi connectivity index (χ1n) is 9.39. The van der Waals surface area contributed by atoms with Crippen LogP contribution in [0.15, 0.2) is 55.1 Å². The molecule has 2 aromatic rings. The lowest BCUT2D eigenvalue weighted by molar-refractivity contribution is 0.312. The second-order valence-electron chi connectivity index (χ2n) is 6.06. The summed E-state index contributed by atoms with van der Waals surface area (Å²) >= 11 is 0. The van der Waals surface area contributed by atoms with E-state index in [0.29, 0.717) is 0 Å². The molecule has 1 aromatic carbocycles. The van der Waals surface area contributed by atoms with Crippen LogP contribution in [0.5, 0.6) is 0 Å². The van der Waals surface area contributed by atoms with Gasteiger partial charge in [-0.2, -0.15) is 0 Å². The van der Waals surface area contributed by atoms with Crippen molar-refractivity contribution in [3.8, 4) is 0 Å². The lowest BCUT2D eigenvalue weighted by Gasteiger charge is -2.33. The third-order valence-corrected chi connectivity index (χ3v) is 4.43. The summed E-state index contributed by atoms with van der Waals surface area (Å²) in [5, 5.41) is 11.4. The van der Waals surface area contributed by atoms with Crippen LogP contribution in [-0.4, -0.2) is 48.3 Å². The molecule has 1 fully saturated rings. The van der Waals surface area contributed by atoms with Gasteiger partial charge in [0.15, 0.2) is 5.82 Å². The number of allylic oxidation sites excluding steroid dienone is 5. The number of piperazine rings is 1. The minimum atomic E-state index is 0.886. The van der Waals surface area contributed by atoms with Gasteiger partial charge >= 0.3 is 0 Å². The van der Waals surface area contributed by atoms with Crippen LogP contribution in [0.2, 0.25) is 0 Å². The van der Waals surface area contributed by atoms with Gasteiger partial charge in [0.1, 0.15) is 5.69 Å². The summed E-state index contributed by atoms with van der Waals surface area (Å²) in [6.07, 6.45) is 7.87. The molecule has 0 radical (unpaired) electrons. The summed E-state index contributed by atoms with van der Waals surface area (Å²) in [4.78, 5) is 4.68. The molecule has 0 spiro atoms. The molecule has 138 valence electrons. The summed E-state index contributed by atoms with van der Waals surface area (Å²) < 4.78 is 0. The Morgan fingerprint density at radius 3 is 2.31 bits per heavy atom. The molecule has 0 atom stereocenters. The first-order chi connectivity index (χ1) is 12.7. The Balaban J connectivity index is 0.00000117. The van der Waals surface area contributed by atoms with Crippen molar-refractivity contribution < 1.29 is 0 Å². The van der Waals surface area contributed by atoms with Gasteiger partial charge in [0.05, 0.1) is 0 Å². The van der Waals surface area contributed by atoms with Crippen LogP contribution >= 0.6 is 0 Å². The second-order valence-corrected chi connectivity index (χ2v) is 6.06. The summed E-state index contributed by atoms with van der Waals surface area (Å²) in [5.41, 5.74) is 1.87. The van der Waals surface area contributed by atoms with Crippen LogP contribution in [0, 0.1) is 0 Å². The molecule has 4 heteroatoms. The maximum atomic E-state index is 4.58. The van der Waals surface area contributed by atoms with Crippen molar-refractivity contribution in [1.29, 1.82) is 0 Å². The molecule has 0 amide bonds. The number of rotatable bonds is 4. The van der Waals surface area contributed by atoms with E-state index in [9.17, 15) is 0 Å². The molecule has 0 unspecified atom stereocenters. The summed E-state index contributed by atoms with van der Waals surface area (Å²) in [7, 11) is 2.16. The number of benzene rings is 1. The Kier molecular flexibility index (Phi) is 7.54. The Labute approximate surface area is 157 Å². The van der Waals surface area contributed by atoms with Gasteiger partial charge in [-0.3, -0.25) is 0 Å². The molecule has 26 heavy (non-hydrogen) atoms. The van der Waals surface area contributed by atoms with Gasteiger partial charge in [-0.25, -0.2) is 0 Å². The van der Waals surface area contributed by atoms with E-state index in [-0.39, 0.29) is 0 Å². The fraction of sp³-hybridized carbons (Fsp3) is 0.364. The van der Waals surface area contributed by atoms with Crippen molar-refractivity contribution in [2.75, 3.05) is 38.1 Å². The molecule has 1 saturated heterocycles. The van der Waals surface area contributed by atoms with Crippen molar-refractivity contribution in [3.05, 3.63) is 60.8 Å². The molecule has 4 nitrogen and oxygen atoms in total. The smallest absolute Gasteiger partial charge is 0.159 e. The van der Waals surface area contributed by atoms with Crippen molar-refractivity contribution >= 4 is 22.2 Å². The molecule has 0 N–H and O–H groups in total. The molecule has 0 aliphatic carbocycles. The quantitative estimate of drug-likeness (QED) is 0.757. The van der Waals surface area contributed by atoms with Gasteiger partial charge in [-0.15, -0.1) is 10.2 Å². The van der Waals surface area contributed by atoms with E-state index < -0.39 is 0 Å². The third kappa shape index (κ3) is 4.38. The number of hydrogen-bond acceptors (Lipinski definition) is 4. The number of fused-ring (bicyclic) bond motifs is 1. The van der Waals surface area contributed by atoms with Crippen LogP contribution in [0.3, 0.4) is 0 Å². The Bertz CT molecular complexity index is 784. The predicted octanol–water partition coefficient (Wildman–Crippen LogP) is 4.55. The van der Waals surface area contributed by atoms with E-state index in [2.05, 4.69) is 57.9 Å². The average Bonchev–Trinajstić information content (AvgIpc) is 2.71. The minimum absolute atomic E-state index is 0.886. The van der Waals surface area contributed by atoms with Gasteiger partial charge in [-0.05, 0) is 14.0 Å². The Morgan fingerprint density at radius 1 is 1.04 bits per heavy atom. The molecule has 1 aliphatic rings. The highest BCUT2D eigenvalue weighted by Crippen LogP contribution is 2.30. The summed E-state index contributed by atoms with van der Waals surface area (Å²) in [6.45, 7) is 14.0. The van der Waals surface area contributed by atoms with Gasteiger partial charge in [0.25, 0.3) is 0 Å². The minimum Gasteiger partial charge on any atom is -0.352 e. The highest BCUT2D eigenvalue weighted by molar-refractivity contribution is 5.99. The van der Waals surface area contributed by atoms with E-state index in [0.717, 1.165) is 54.0 Å². The molecule has 0 saturated carbocycles. The van der Waals surface area contributed by atoms with E-state index in [4.69, 9.17) is 0 Å². The zero-order chi connectivity index (χ0) is 18.9. The van der Waals surface area contributed by atoms with Crippen molar-refractivity contribution in [2.24, 2.45) is 0 Å². The number of nitrogens with zero attached hydrogens (tertiary/aromatic N) is 4. The number of anilines is 1. The van der Waals surface area contributed by atoms with Crippen LogP contribution in [0.4, 0.5) is 5.82 Å². The lowest BCUT2D eigenvalue weighted by Crippen LogP contribution is -2.45. The van der Waals surface area contributed by atoms with E-state index >= 15 is 0 Å². The van der Waals surface area contributed by atoms with Crippen molar-refractivity contribution in [1.82, 2.24) is 15.1 Å². The highest BCUT2D eigenvalue weighted by Gasteiger charge is 2.19. The van der Waals surface area contributed by atoms with Gasteiger partial charge in [0.2, 0.25) is 0 Å². The normalized spacial score (nSPS) is 15.8. The average molecular weight is 351 g/mol. The SMILES string of the molecule is C=C/C(=C\C=C/C)c1nnc(N2CCN(C)CC2)c2ccccc12.CC. The summed E-state index contributed by atoms with van der Waals surface area (Å²) in [6, 6.07) is 8.37. The van der Waals surface area contributed by atoms with Crippen LogP contribution in [0.25, 0.3) is 16.3 Å². The maximum Gasteiger partial charge on any atom is 0.159 e. The monoisotopic (exact) mass is 350 g/mol. The summed E-state index contributed by atoms with van der Waals surface area (Å²) in [5.74, 6) is 0.983. The van der Waals surface area contributed by atoms with Gasteiger partial charge in [0, 0.05) is 42.5 Å². The largest absolute Gasteiger partial charge is 0.352 e. The lowest BCUT2D eigenvalue weighted by atomic mass is 10.0. The van der Waals surface area contributed by atoms with E-state index in [1.807, 2.05) is 45.1 Å². The zero-order valence-electron chi connectivity index (χ0n) is 16.4. The van der Waals surface area contributed by atoms with Gasteiger partial charge in [-0.1, -0.05) is 69.0 Å². The molecule has 1 aromatic heterocycles. The number of likely N-dealkylation sites (N-methyl/N-ethyl adjacent to an activating group) is 1. The molecule has 1 aliphatic heterocycles. The molecular formula is C22H30N4. The fourth-order valence-corrected chi connectivity index (χ4v) is 3.00. The predicted molar refractivity (Wildman–Crippen MR) is 114 cm³/mol. The molecular weight excluding hydrogens is 320 g/mol. The molecule has 0 bridgehead atoms. The molecule has 3 rings (SSSR count). The van der Waals surface area contributed by atoms with Crippen LogP contribution in [0.1, 0.15) is 26.5 Å². The van der Waals surface area contributed by atoms with Crippen LogP contribution < -0.4 is 4.90 Å². The first-order valence-corrected chi connectivity index (χ1v) is 9.39. The standard InChI is InChI=1S/C20H24N4.C2H6/c1-4-6-9-16(5-2)19-17-10-7-8-11-18(17)20(22-21-19)24-14-12-23(3)13-15-24;1-2/h4-11H,2,12-15H2,1,3H3;1-2H3/b6-4-,16-9+;. The maximum absolute atomic E-state index is 4.58. The highest BCUT2D eigenvalue weighted by atomic mass is 15.3. The second kappa shape index (κ2) is 9.88. The first kappa shape index (κ1) is 19.9. The van der Waals surface area contributed by atoms with Gasteiger partial charge < -0.3 is 9.80 Å². The molecule has 2 heterocycles. The van der Waals surface area contributed by atoms with E-state index in [1.54, 1.807) is 0 Å². The van der Waals surface area contributed by atoms with Crippen molar-refractivity contribution in [3.63, 3.8) is 0 Å². The Morgan fingerprint density at radius 2 is 1.69 bits per heavy atom. The number of aromatic nitrogens is 2. The van der Waals surface area contributed by atoms with E-state index in [1.165, 1.54) is 0 Å².